The highest BCUT2D eigenvalue weighted by molar-refractivity contribution is 9.10. The standard InChI is InChI=1S/C17H25BrN2O2/c1-17(2,3)22-16(21)20-9-5-8-14(19)15(20)11-12-6-4-7-13(18)10-12/h4,6-7,10,14-15H,5,8-9,11,19H2,1-3H3. The summed E-state index contributed by atoms with van der Waals surface area (Å²) in [5, 5.41) is 0. The molecular weight excluding hydrogens is 344 g/mol. The highest BCUT2D eigenvalue weighted by Crippen LogP contribution is 2.24. The van der Waals surface area contributed by atoms with E-state index in [1.54, 1.807) is 4.90 Å². The number of piperidine rings is 1. The lowest BCUT2D eigenvalue weighted by Gasteiger charge is -2.40. The predicted molar refractivity (Wildman–Crippen MR) is 91.8 cm³/mol. The second-order valence-electron chi connectivity index (χ2n) is 6.88. The molecule has 0 radical (unpaired) electrons. The molecule has 1 aliphatic heterocycles. The molecule has 0 spiro atoms. The number of rotatable bonds is 2. The van der Waals surface area contributed by atoms with E-state index >= 15 is 0 Å². The van der Waals surface area contributed by atoms with Gasteiger partial charge in [-0.3, -0.25) is 0 Å². The number of hydrogen-bond acceptors (Lipinski definition) is 3. The Hall–Kier alpha value is -1.07. The third-order valence-electron chi connectivity index (χ3n) is 3.79. The van der Waals surface area contributed by atoms with E-state index in [-0.39, 0.29) is 18.2 Å². The van der Waals surface area contributed by atoms with Crippen molar-refractivity contribution in [3.05, 3.63) is 34.3 Å². The maximum absolute atomic E-state index is 12.5. The van der Waals surface area contributed by atoms with Crippen LogP contribution >= 0.6 is 15.9 Å². The van der Waals surface area contributed by atoms with Gasteiger partial charge in [-0.25, -0.2) is 4.79 Å². The average Bonchev–Trinajstić information content (AvgIpc) is 2.39. The zero-order valence-electron chi connectivity index (χ0n) is 13.5. The normalized spacial score (nSPS) is 22.5. The average molecular weight is 369 g/mol. The van der Waals surface area contributed by atoms with Crippen LogP contribution in [0.5, 0.6) is 0 Å². The van der Waals surface area contributed by atoms with Gasteiger partial charge < -0.3 is 15.4 Å². The van der Waals surface area contributed by atoms with Gasteiger partial charge in [0.15, 0.2) is 0 Å². The third-order valence-corrected chi connectivity index (χ3v) is 4.29. The molecule has 2 atom stereocenters. The first-order chi connectivity index (χ1) is 10.3. The van der Waals surface area contributed by atoms with Crippen LogP contribution in [0, 0.1) is 0 Å². The molecule has 0 aromatic heterocycles. The van der Waals surface area contributed by atoms with Crippen molar-refractivity contribution in [1.29, 1.82) is 0 Å². The number of carbonyl (C=O) groups is 1. The van der Waals surface area contributed by atoms with E-state index in [9.17, 15) is 4.79 Å². The Morgan fingerprint density at radius 3 is 2.82 bits per heavy atom. The van der Waals surface area contributed by atoms with Crippen LogP contribution in [0.4, 0.5) is 4.79 Å². The molecule has 5 heteroatoms. The molecule has 1 aliphatic rings. The number of benzene rings is 1. The fraction of sp³-hybridized carbons (Fsp3) is 0.588. The van der Waals surface area contributed by atoms with Gasteiger partial charge in [0.2, 0.25) is 0 Å². The lowest BCUT2D eigenvalue weighted by atomic mass is 9.92. The van der Waals surface area contributed by atoms with Crippen LogP contribution in [-0.2, 0) is 11.2 Å². The maximum Gasteiger partial charge on any atom is 0.410 e. The Labute approximate surface area is 141 Å². The van der Waals surface area contributed by atoms with Crippen molar-refractivity contribution in [2.45, 2.75) is 57.7 Å². The van der Waals surface area contributed by atoms with Crippen LogP contribution in [0.3, 0.4) is 0 Å². The fourth-order valence-corrected chi connectivity index (χ4v) is 3.25. The van der Waals surface area contributed by atoms with E-state index in [2.05, 4.69) is 28.1 Å². The molecule has 1 aromatic rings. The molecule has 2 N–H and O–H groups in total. The molecule has 2 rings (SSSR count). The Bertz CT molecular complexity index is 528. The second-order valence-corrected chi connectivity index (χ2v) is 7.80. The van der Waals surface area contributed by atoms with Gasteiger partial charge in [0.05, 0.1) is 6.04 Å². The first-order valence-corrected chi connectivity index (χ1v) is 8.55. The molecular formula is C17H25BrN2O2. The number of amides is 1. The number of halogens is 1. The molecule has 1 heterocycles. The predicted octanol–water partition coefficient (Wildman–Crippen LogP) is 3.72. The molecule has 1 amide bonds. The lowest BCUT2D eigenvalue weighted by molar-refractivity contribution is 0.00695. The minimum absolute atomic E-state index is 0.0137. The third kappa shape index (κ3) is 4.71. The van der Waals surface area contributed by atoms with E-state index in [1.807, 2.05) is 32.9 Å². The van der Waals surface area contributed by atoms with Crippen LogP contribution < -0.4 is 5.73 Å². The molecule has 0 aliphatic carbocycles. The van der Waals surface area contributed by atoms with Crippen molar-refractivity contribution in [3.8, 4) is 0 Å². The van der Waals surface area contributed by atoms with Gasteiger partial charge in [-0.05, 0) is 57.7 Å². The van der Waals surface area contributed by atoms with E-state index in [4.69, 9.17) is 10.5 Å². The summed E-state index contributed by atoms with van der Waals surface area (Å²) < 4.78 is 6.58. The molecule has 4 nitrogen and oxygen atoms in total. The molecule has 122 valence electrons. The fourth-order valence-electron chi connectivity index (χ4n) is 2.80. The molecule has 0 saturated carbocycles. The first kappa shape index (κ1) is 17.3. The van der Waals surface area contributed by atoms with Crippen LogP contribution in [-0.4, -0.2) is 35.2 Å². The highest BCUT2D eigenvalue weighted by atomic mass is 79.9. The van der Waals surface area contributed by atoms with Gasteiger partial charge >= 0.3 is 6.09 Å². The maximum atomic E-state index is 12.5. The summed E-state index contributed by atoms with van der Waals surface area (Å²) in [5.41, 5.74) is 6.98. The molecule has 22 heavy (non-hydrogen) atoms. The van der Waals surface area contributed by atoms with Gasteiger partial charge in [-0.1, -0.05) is 28.1 Å². The van der Waals surface area contributed by atoms with E-state index in [0.29, 0.717) is 6.54 Å². The number of hydrogen-bond donors (Lipinski definition) is 1. The number of ether oxygens (including phenoxy) is 1. The van der Waals surface area contributed by atoms with Gasteiger partial charge in [-0.15, -0.1) is 0 Å². The quantitative estimate of drug-likeness (QED) is 0.865. The Balaban J connectivity index is 2.14. The topological polar surface area (TPSA) is 55.6 Å². The van der Waals surface area contributed by atoms with Crippen molar-refractivity contribution in [2.24, 2.45) is 5.73 Å². The zero-order valence-corrected chi connectivity index (χ0v) is 15.1. The number of nitrogens with two attached hydrogens (primary N) is 1. The van der Waals surface area contributed by atoms with Gasteiger partial charge in [0, 0.05) is 17.1 Å². The molecule has 1 saturated heterocycles. The van der Waals surface area contributed by atoms with Gasteiger partial charge in [-0.2, -0.15) is 0 Å². The van der Waals surface area contributed by atoms with Crippen molar-refractivity contribution in [3.63, 3.8) is 0 Å². The SMILES string of the molecule is CC(C)(C)OC(=O)N1CCCC(N)C1Cc1cccc(Br)c1. The minimum Gasteiger partial charge on any atom is -0.444 e. The number of nitrogens with zero attached hydrogens (tertiary/aromatic N) is 1. The Morgan fingerprint density at radius 1 is 1.45 bits per heavy atom. The zero-order chi connectivity index (χ0) is 16.3. The Morgan fingerprint density at radius 2 is 2.18 bits per heavy atom. The summed E-state index contributed by atoms with van der Waals surface area (Å²) in [4.78, 5) is 14.3. The second kappa shape index (κ2) is 7.01. The molecule has 1 fully saturated rings. The van der Waals surface area contributed by atoms with Crippen LogP contribution in [0.25, 0.3) is 0 Å². The molecule has 2 unspecified atom stereocenters. The Kier molecular flexibility index (Phi) is 5.50. The lowest BCUT2D eigenvalue weighted by Crippen LogP contribution is -2.56. The van der Waals surface area contributed by atoms with E-state index < -0.39 is 5.60 Å². The van der Waals surface area contributed by atoms with E-state index in [0.717, 1.165) is 23.7 Å². The number of carbonyl (C=O) groups excluding carboxylic acids is 1. The summed E-state index contributed by atoms with van der Waals surface area (Å²) in [7, 11) is 0. The summed E-state index contributed by atoms with van der Waals surface area (Å²) in [6.07, 6.45) is 2.36. The minimum atomic E-state index is -0.487. The highest BCUT2D eigenvalue weighted by Gasteiger charge is 2.34. The van der Waals surface area contributed by atoms with Gasteiger partial charge in [0.25, 0.3) is 0 Å². The van der Waals surface area contributed by atoms with Crippen molar-refractivity contribution in [2.75, 3.05) is 6.54 Å². The molecule has 0 bridgehead atoms. The van der Waals surface area contributed by atoms with Crippen molar-refractivity contribution in [1.82, 2.24) is 4.90 Å². The van der Waals surface area contributed by atoms with Crippen molar-refractivity contribution < 1.29 is 9.53 Å². The first-order valence-electron chi connectivity index (χ1n) is 7.76. The summed E-state index contributed by atoms with van der Waals surface area (Å²) in [5.74, 6) is 0. The number of likely N-dealkylation sites (tertiary alicyclic amines) is 1. The van der Waals surface area contributed by atoms with E-state index in [1.165, 1.54) is 5.56 Å². The van der Waals surface area contributed by atoms with Crippen LogP contribution in [0.2, 0.25) is 0 Å². The van der Waals surface area contributed by atoms with Crippen molar-refractivity contribution >= 4 is 22.0 Å². The monoisotopic (exact) mass is 368 g/mol. The summed E-state index contributed by atoms with van der Waals surface area (Å²) in [6.45, 7) is 6.37. The largest absolute Gasteiger partial charge is 0.444 e. The van der Waals surface area contributed by atoms with Crippen LogP contribution in [0.15, 0.2) is 28.7 Å². The summed E-state index contributed by atoms with van der Waals surface area (Å²) >= 11 is 3.49. The van der Waals surface area contributed by atoms with Gasteiger partial charge in [0.1, 0.15) is 5.60 Å². The smallest absolute Gasteiger partial charge is 0.410 e. The molecule has 1 aromatic carbocycles. The summed E-state index contributed by atoms with van der Waals surface area (Å²) in [6, 6.07) is 8.12. The van der Waals surface area contributed by atoms with Crippen LogP contribution in [0.1, 0.15) is 39.2 Å².